The Bertz CT molecular complexity index is 369. The fraction of sp³-hybridized carbons (Fsp3) is 0.875. The first kappa shape index (κ1) is 18.0. The van der Waals surface area contributed by atoms with Crippen molar-refractivity contribution in [1.82, 2.24) is 10.2 Å². The SMILES string of the molecule is CC(=O)N(C(C)C)[C@H]1CCCCC1NC(=O)C(N)C(C)C. The van der Waals surface area contributed by atoms with Gasteiger partial charge in [0.05, 0.1) is 12.1 Å². The van der Waals surface area contributed by atoms with Gasteiger partial charge in [-0.25, -0.2) is 0 Å². The van der Waals surface area contributed by atoms with E-state index in [0.29, 0.717) is 0 Å². The highest BCUT2D eigenvalue weighted by Crippen LogP contribution is 2.25. The summed E-state index contributed by atoms with van der Waals surface area (Å²) in [5.41, 5.74) is 5.93. The smallest absolute Gasteiger partial charge is 0.237 e. The lowest BCUT2D eigenvalue weighted by molar-refractivity contribution is -0.136. The number of carbonyl (C=O) groups is 2. The maximum Gasteiger partial charge on any atom is 0.237 e. The van der Waals surface area contributed by atoms with Crippen molar-refractivity contribution in [2.75, 3.05) is 0 Å². The molecule has 3 N–H and O–H groups in total. The zero-order valence-corrected chi connectivity index (χ0v) is 14.1. The van der Waals surface area contributed by atoms with Gasteiger partial charge in [0.2, 0.25) is 11.8 Å². The molecular formula is C16H31N3O2. The Kier molecular flexibility index (Phi) is 6.65. The summed E-state index contributed by atoms with van der Waals surface area (Å²) >= 11 is 0. The fourth-order valence-corrected chi connectivity index (χ4v) is 3.17. The normalized spacial score (nSPS) is 24.0. The maximum absolute atomic E-state index is 12.2. The van der Waals surface area contributed by atoms with Crippen LogP contribution in [-0.2, 0) is 9.59 Å². The second-order valence-corrected chi connectivity index (χ2v) is 6.76. The lowest BCUT2D eigenvalue weighted by atomic mass is 9.88. The number of rotatable bonds is 5. The predicted molar refractivity (Wildman–Crippen MR) is 84.7 cm³/mol. The lowest BCUT2D eigenvalue weighted by Gasteiger charge is -2.42. The molecule has 21 heavy (non-hydrogen) atoms. The first-order chi connectivity index (χ1) is 9.75. The van der Waals surface area contributed by atoms with Gasteiger partial charge in [-0.2, -0.15) is 0 Å². The highest BCUT2D eigenvalue weighted by atomic mass is 16.2. The van der Waals surface area contributed by atoms with E-state index in [1.54, 1.807) is 6.92 Å². The maximum atomic E-state index is 12.2. The average molecular weight is 297 g/mol. The molecule has 1 rings (SSSR count). The molecule has 1 aliphatic carbocycles. The molecule has 0 bridgehead atoms. The molecule has 0 saturated heterocycles. The van der Waals surface area contributed by atoms with Gasteiger partial charge in [-0.05, 0) is 32.6 Å². The predicted octanol–water partition coefficient (Wildman–Crippen LogP) is 1.65. The minimum Gasteiger partial charge on any atom is -0.350 e. The van der Waals surface area contributed by atoms with Crippen LogP contribution in [0.15, 0.2) is 0 Å². The van der Waals surface area contributed by atoms with E-state index in [0.717, 1.165) is 25.7 Å². The Balaban J connectivity index is 2.82. The average Bonchev–Trinajstić information content (AvgIpc) is 2.38. The quantitative estimate of drug-likeness (QED) is 0.810. The molecule has 0 spiro atoms. The van der Waals surface area contributed by atoms with Gasteiger partial charge in [0.25, 0.3) is 0 Å². The van der Waals surface area contributed by atoms with Crippen molar-refractivity contribution in [3.05, 3.63) is 0 Å². The zero-order valence-electron chi connectivity index (χ0n) is 14.1. The van der Waals surface area contributed by atoms with Crippen LogP contribution in [-0.4, -0.2) is 40.9 Å². The van der Waals surface area contributed by atoms with Crippen molar-refractivity contribution in [2.24, 2.45) is 11.7 Å². The highest BCUT2D eigenvalue weighted by molar-refractivity contribution is 5.82. The van der Waals surface area contributed by atoms with Crippen LogP contribution in [0.25, 0.3) is 0 Å². The highest BCUT2D eigenvalue weighted by Gasteiger charge is 2.34. The molecule has 2 unspecified atom stereocenters. The second-order valence-electron chi connectivity index (χ2n) is 6.76. The third-order valence-electron chi connectivity index (χ3n) is 4.36. The molecule has 122 valence electrons. The van der Waals surface area contributed by atoms with Crippen molar-refractivity contribution >= 4 is 11.8 Å². The summed E-state index contributed by atoms with van der Waals surface area (Å²) in [5.74, 6) is 0.0829. The first-order valence-corrected chi connectivity index (χ1v) is 8.10. The lowest BCUT2D eigenvalue weighted by Crippen LogP contribution is -2.59. The standard InChI is InChI=1S/C16H31N3O2/c1-10(2)15(17)16(21)18-13-8-6-7-9-14(13)19(11(3)4)12(5)20/h10-11,13-15H,6-9,17H2,1-5H3,(H,18,21)/t13?,14-,15?/m0/s1. The topological polar surface area (TPSA) is 75.4 Å². The van der Waals surface area contributed by atoms with Gasteiger partial charge < -0.3 is 16.0 Å². The summed E-state index contributed by atoms with van der Waals surface area (Å²) < 4.78 is 0. The Morgan fingerprint density at radius 1 is 1.14 bits per heavy atom. The number of hydrogen-bond donors (Lipinski definition) is 2. The summed E-state index contributed by atoms with van der Waals surface area (Å²) in [7, 11) is 0. The summed E-state index contributed by atoms with van der Waals surface area (Å²) in [6.07, 6.45) is 4.04. The van der Waals surface area contributed by atoms with Crippen molar-refractivity contribution in [3.8, 4) is 0 Å². The summed E-state index contributed by atoms with van der Waals surface area (Å²) in [5, 5.41) is 3.08. The van der Waals surface area contributed by atoms with Crippen LogP contribution in [0.4, 0.5) is 0 Å². The number of nitrogens with two attached hydrogens (primary N) is 1. The minimum absolute atomic E-state index is 0.0161. The molecule has 2 amide bonds. The minimum atomic E-state index is -0.489. The summed E-state index contributed by atoms with van der Waals surface area (Å²) in [6.45, 7) is 9.54. The Morgan fingerprint density at radius 3 is 2.19 bits per heavy atom. The van der Waals surface area contributed by atoms with Crippen molar-refractivity contribution in [1.29, 1.82) is 0 Å². The monoisotopic (exact) mass is 297 g/mol. The van der Waals surface area contributed by atoms with Gasteiger partial charge in [0.1, 0.15) is 0 Å². The van der Waals surface area contributed by atoms with E-state index >= 15 is 0 Å². The number of amides is 2. The van der Waals surface area contributed by atoms with E-state index in [4.69, 9.17) is 5.73 Å². The molecule has 5 heteroatoms. The van der Waals surface area contributed by atoms with E-state index in [9.17, 15) is 9.59 Å². The second kappa shape index (κ2) is 7.78. The molecule has 0 aliphatic heterocycles. The fourth-order valence-electron chi connectivity index (χ4n) is 3.17. The largest absolute Gasteiger partial charge is 0.350 e. The molecule has 1 saturated carbocycles. The number of hydrogen-bond acceptors (Lipinski definition) is 3. The van der Waals surface area contributed by atoms with E-state index in [1.807, 2.05) is 32.6 Å². The Hall–Kier alpha value is -1.10. The van der Waals surface area contributed by atoms with Gasteiger partial charge in [-0.15, -0.1) is 0 Å². The van der Waals surface area contributed by atoms with Crippen molar-refractivity contribution in [2.45, 2.75) is 84.5 Å². The van der Waals surface area contributed by atoms with Crippen LogP contribution in [0.2, 0.25) is 0 Å². The summed E-state index contributed by atoms with van der Waals surface area (Å²) in [4.78, 5) is 26.1. The van der Waals surface area contributed by atoms with Crippen molar-refractivity contribution in [3.63, 3.8) is 0 Å². The van der Waals surface area contributed by atoms with Gasteiger partial charge in [-0.3, -0.25) is 9.59 Å². The third-order valence-corrected chi connectivity index (χ3v) is 4.36. The van der Waals surface area contributed by atoms with Gasteiger partial charge >= 0.3 is 0 Å². The molecular weight excluding hydrogens is 266 g/mol. The molecule has 0 heterocycles. The van der Waals surface area contributed by atoms with E-state index in [-0.39, 0.29) is 35.9 Å². The van der Waals surface area contributed by atoms with Crippen LogP contribution in [0.1, 0.15) is 60.3 Å². The van der Waals surface area contributed by atoms with Gasteiger partial charge in [0.15, 0.2) is 0 Å². The molecule has 3 atom stereocenters. The van der Waals surface area contributed by atoms with E-state index in [1.165, 1.54) is 0 Å². The van der Waals surface area contributed by atoms with Crippen LogP contribution in [0, 0.1) is 5.92 Å². The molecule has 5 nitrogen and oxygen atoms in total. The molecule has 1 aliphatic rings. The first-order valence-electron chi connectivity index (χ1n) is 8.10. The van der Waals surface area contributed by atoms with E-state index < -0.39 is 6.04 Å². The Labute approximate surface area is 128 Å². The Morgan fingerprint density at radius 2 is 1.71 bits per heavy atom. The van der Waals surface area contributed by atoms with E-state index in [2.05, 4.69) is 5.32 Å². The molecule has 1 fully saturated rings. The van der Waals surface area contributed by atoms with Crippen LogP contribution < -0.4 is 11.1 Å². The van der Waals surface area contributed by atoms with Crippen LogP contribution in [0.5, 0.6) is 0 Å². The van der Waals surface area contributed by atoms with Crippen molar-refractivity contribution < 1.29 is 9.59 Å². The number of carbonyl (C=O) groups excluding carboxylic acids is 2. The van der Waals surface area contributed by atoms with Crippen LogP contribution >= 0.6 is 0 Å². The molecule has 0 aromatic rings. The third kappa shape index (κ3) is 4.70. The van der Waals surface area contributed by atoms with Gasteiger partial charge in [-0.1, -0.05) is 26.7 Å². The zero-order chi connectivity index (χ0) is 16.2. The number of nitrogens with zero attached hydrogens (tertiary/aromatic N) is 1. The molecule has 0 radical (unpaired) electrons. The summed E-state index contributed by atoms with van der Waals surface area (Å²) in [6, 6.07) is -0.247. The van der Waals surface area contributed by atoms with Gasteiger partial charge in [0, 0.05) is 19.0 Å². The molecule has 0 aromatic carbocycles. The molecule has 0 aromatic heterocycles. The number of nitrogens with one attached hydrogen (secondary N) is 1. The van der Waals surface area contributed by atoms with Crippen LogP contribution in [0.3, 0.4) is 0 Å².